The highest BCUT2D eigenvalue weighted by Crippen LogP contribution is 2.20. The molecular formula is C13H10F4N2O. The van der Waals surface area contributed by atoms with E-state index in [1.807, 2.05) is 0 Å². The predicted octanol–water partition coefficient (Wildman–Crippen LogP) is 3.11. The van der Waals surface area contributed by atoms with E-state index in [9.17, 15) is 22.4 Å². The average molecular weight is 286 g/mol. The number of hydrogen-bond acceptors (Lipinski definition) is 1. The van der Waals surface area contributed by atoms with E-state index in [2.05, 4.69) is 4.98 Å². The number of carbonyl (C=O) groups is 1. The van der Waals surface area contributed by atoms with Gasteiger partial charge >= 0.3 is 6.18 Å². The van der Waals surface area contributed by atoms with Crippen molar-refractivity contribution >= 4 is 5.91 Å². The molecule has 0 spiro atoms. The van der Waals surface area contributed by atoms with E-state index in [0.29, 0.717) is 11.1 Å². The molecule has 1 heterocycles. The smallest absolute Gasteiger partial charge is 0.357 e. The predicted molar refractivity (Wildman–Crippen MR) is 64.6 cm³/mol. The highest BCUT2D eigenvalue weighted by atomic mass is 19.4. The molecule has 106 valence electrons. The second-order valence-corrected chi connectivity index (χ2v) is 4.11. The van der Waals surface area contributed by atoms with Gasteiger partial charge in [-0.3, -0.25) is 4.79 Å². The van der Waals surface area contributed by atoms with Crippen molar-refractivity contribution in [3.05, 3.63) is 48.0 Å². The molecule has 2 aromatic rings. The largest absolute Gasteiger partial charge is 0.405 e. The number of halogens is 4. The average Bonchev–Trinajstić information content (AvgIpc) is 2.85. The van der Waals surface area contributed by atoms with Crippen molar-refractivity contribution in [2.24, 2.45) is 0 Å². The molecule has 0 aliphatic carbocycles. The molecule has 0 saturated carbocycles. The summed E-state index contributed by atoms with van der Waals surface area (Å²) in [7, 11) is 0. The number of alkyl halides is 3. The van der Waals surface area contributed by atoms with Gasteiger partial charge in [-0.2, -0.15) is 13.2 Å². The maximum atomic E-state index is 12.8. The summed E-state index contributed by atoms with van der Waals surface area (Å²) in [5.41, 5.74) is 1.24. The van der Waals surface area contributed by atoms with Gasteiger partial charge in [0.25, 0.3) is 5.91 Å². The second kappa shape index (κ2) is 5.36. The first-order chi connectivity index (χ1) is 9.35. The van der Waals surface area contributed by atoms with Gasteiger partial charge in [-0.25, -0.2) is 4.39 Å². The van der Waals surface area contributed by atoms with Crippen LogP contribution >= 0.6 is 0 Å². The zero-order valence-corrected chi connectivity index (χ0v) is 10.1. The van der Waals surface area contributed by atoms with Crippen LogP contribution in [0.15, 0.2) is 36.5 Å². The molecular weight excluding hydrogens is 276 g/mol. The number of carbonyl (C=O) groups excluding carboxylic acids is 1. The van der Waals surface area contributed by atoms with Crippen LogP contribution in [0.1, 0.15) is 10.5 Å². The van der Waals surface area contributed by atoms with Gasteiger partial charge in [-0.15, -0.1) is 0 Å². The van der Waals surface area contributed by atoms with Crippen LogP contribution in [0, 0.1) is 5.82 Å². The zero-order valence-electron chi connectivity index (χ0n) is 10.1. The minimum atomic E-state index is -4.46. The lowest BCUT2D eigenvalue weighted by molar-refractivity contribution is -0.123. The molecule has 1 aromatic heterocycles. The van der Waals surface area contributed by atoms with Crippen LogP contribution < -0.4 is 5.32 Å². The number of rotatable bonds is 3. The summed E-state index contributed by atoms with van der Waals surface area (Å²) in [6, 6.07) is 6.93. The third kappa shape index (κ3) is 3.59. The van der Waals surface area contributed by atoms with E-state index >= 15 is 0 Å². The van der Waals surface area contributed by atoms with Crippen LogP contribution in [0.25, 0.3) is 11.1 Å². The van der Waals surface area contributed by atoms with Gasteiger partial charge in [-0.05, 0) is 29.3 Å². The number of H-pyrrole nitrogens is 1. The van der Waals surface area contributed by atoms with E-state index in [1.54, 1.807) is 5.32 Å². The van der Waals surface area contributed by atoms with Gasteiger partial charge in [0.15, 0.2) is 0 Å². The molecule has 0 fully saturated rings. The Balaban J connectivity index is 2.09. The summed E-state index contributed by atoms with van der Waals surface area (Å²) >= 11 is 0. The number of aromatic amines is 1. The molecule has 1 aromatic carbocycles. The molecule has 20 heavy (non-hydrogen) atoms. The molecule has 0 saturated heterocycles. The first-order valence-electron chi connectivity index (χ1n) is 5.64. The molecule has 0 atom stereocenters. The van der Waals surface area contributed by atoms with Gasteiger partial charge in [0.2, 0.25) is 0 Å². The lowest BCUT2D eigenvalue weighted by Gasteiger charge is -2.06. The summed E-state index contributed by atoms with van der Waals surface area (Å²) in [4.78, 5) is 14.1. The number of benzene rings is 1. The maximum Gasteiger partial charge on any atom is 0.405 e. The van der Waals surface area contributed by atoms with Crippen molar-refractivity contribution in [2.45, 2.75) is 6.18 Å². The summed E-state index contributed by atoms with van der Waals surface area (Å²) in [6.07, 6.45) is -2.99. The Morgan fingerprint density at radius 1 is 1.15 bits per heavy atom. The Morgan fingerprint density at radius 2 is 1.80 bits per heavy atom. The Morgan fingerprint density at radius 3 is 2.40 bits per heavy atom. The third-order valence-corrected chi connectivity index (χ3v) is 2.55. The van der Waals surface area contributed by atoms with Gasteiger partial charge in [-0.1, -0.05) is 12.1 Å². The van der Waals surface area contributed by atoms with Gasteiger partial charge in [0.1, 0.15) is 18.1 Å². The summed E-state index contributed by atoms with van der Waals surface area (Å²) in [5.74, 6) is -1.25. The second-order valence-electron chi connectivity index (χ2n) is 4.11. The Bertz CT molecular complexity index is 602. The van der Waals surface area contributed by atoms with E-state index in [0.717, 1.165) is 0 Å². The molecule has 0 aliphatic rings. The van der Waals surface area contributed by atoms with E-state index < -0.39 is 24.4 Å². The maximum absolute atomic E-state index is 12.8. The molecule has 7 heteroatoms. The minimum Gasteiger partial charge on any atom is -0.357 e. The molecule has 0 radical (unpaired) electrons. The summed E-state index contributed by atoms with van der Waals surface area (Å²) in [5, 5.41) is 1.76. The molecule has 1 amide bonds. The van der Waals surface area contributed by atoms with Crippen LogP contribution in [0.2, 0.25) is 0 Å². The Hall–Kier alpha value is -2.31. The fourth-order valence-corrected chi connectivity index (χ4v) is 1.61. The van der Waals surface area contributed by atoms with Crippen LogP contribution in [0.3, 0.4) is 0 Å². The number of aromatic nitrogens is 1. The van der Waals surface area contributed by atoms with E-state index in [-0.39, 0.29) is 5.69 Å². The van der Waals surface area contributed by atoms with Crippen LogP contribution in [0.5, 0.6) is 0 Å². The fourth-order valence-electron chi connectivity index (χ4n) is 1.61. The first-order valence-corrected chi connectivity index (χ1v) is 5.64. The quantitative estimate of drug-likeness (QED) is 0.837. The van der Waals surface area contributed by atoms with Gasteiger partial charge in [0, 0.05) is 6.20 Å². The molecule has 0 aliphatic heterocycles. The topological polar surface area (TPSA) is 44.9 Å². The highest BCUT2D eigenvalue weighted by molar-refractivity contribution is 5.93. The number of amides is 1. The van der Waals surface area contributed by atoms with E-state index in [4.69, 9.17) is 0 Å². The molecule has 3 nitrogen and oxygen atoms in total. The standard InChI is InChI=1S/C13H10F4N2O/c14-10-3-1-8(2-4-10)9-5-11(18-6-9)12(20)19-7-13(15,16)17/h1-6,18H,7H2,(H,19,20). The van der Waals surface area contributed by atoms with Crippen molar-refractivity contribution in [1.82, 2.24) is 10.3 Å². The number of nitrogens with one attached hydrogen (secondary N) is 2. The molecule has 2 N–H and O–H groups in total. The van der Waals surface area contributed by atoms with Gasteiger partial charge < -0.3 is 10.3 Å². The van der Waals surface area contributed by atoms with E-state index in [1.165, 1.54) is 36.5 Å². The van der Waals surface area contributed by atoms with Crippen LogP contribution in [-0.4, -0.2) is 23.6 Å². The van der Waals surface area contributed by atoms with Crippen LogP contribution in [0.4, 0.5) is 17.6 Å². The minimum absolute atomic E-state index is 0.00794. The van der Waals surface area contributed by atoms with Crippen molar-refractivity contribution in [1.29, 1.82) is 0 Å². The van der Waals surface area contributed by atoms with Crippen molar-refractivity contribution in [3.8, 4) is 11.1 Å². The first kappa shape index (κ1) is 14.1. The third-order valence-electron chi connectivity index (χ3n) is 2.55. The Kier molecular flexibility index (Phi) is 3.78. The summed E-state index contributed by atoms with van der Waals surface area (Å²) < 4.78 is 48.7. The van der Waals surface area contributed by atoms with Crippen molar-refractivity contribution in [3.63, 3.8) is 0 Å². The summed E-state index contributed by atoms with van der Waals surface area (Å²) in [6.45, 7) is -1.39. The lowest BCUT2D eigenvalue weighted by atomic mass is 10.1. The van der Waals surface area contributed by atoms with Crippen molar-refractivity contribution < 1.29 is 22.4 Å². The van der Waals surface area contributed by atoms with Crippen molar-refractivity contribution in [2.75, 3.05) is 6.54 Å². The Labute approximate surface area is 111 Å². The number of hydrogen-bond donors (Lipinski definition) is 2. The molecule has 0 bridgehead atoms. The monoisotopic (exact) mass is 286 g/mol. The molecule has 2 rings (SSSR count). The highest BCUT2D eigenvalue weighted by Gasteiger charge is 2.28. The molecule has 0 unspecified atom stereocenters. The normalized spacial score (nSPS) is 11.4. The van der Waals surface area contributed by atoms with Gasteiger partial charge in [0.05, 0.1) is 0 Å². The lowest BCUT2D eigenvalue weighted by Crippen LogP contribution is -2.33. The fraction of sp³-hybridized carbons (Fsp3) is 0.154. The zero-order chi connectivity index (χ0) is 14.8. The van der Waals surface area contributed by atoms with Crippen LogP contribution in [-0.2, 0) is 0 Å². The SMILES string of the molecule is O=C(NCC(F)(F)F)c1cc(-c2ccc(F)cc2)c[nH]1.